The molecule has 2 heterocycles. The Hall–Kier alpha value is -2.80. The first kappa shape index (κ1) is 28.2. The van der Waals surface area contributed by atoms with Gasteiger partial charge in [-0.05, 0) is 94.8 Å². The number of benzene rings is 1. The molecule has 38 heavy (non-hydrogen) atoms. The molecule has 0 bridgehead atoms. The van der Waals surface area contributed by atoms with Gasteiger partial charge in [-0.3, -0.25) is 0 Å². The number of aromatic nitrogens is 1. The summed E-state index contributed by atoms with van der Waals surface area (Å²) in [6.07, 6.45) is 9.34. The van der Waals surface area contributed by atoms with Crippen molar-refractivity contribution in [1.82, 2.24) is 9.88 Å². The van der Waals surface area contributed by atoms with E-state index in [2.05, 4.69) is 32.5 Å². The highest BCUT2D eigenvalue weighted by atomic mass is 32.2. The van der Waals surface area contributed by atoms with Crippen molar-refractivity contribution in [1.29, 1.82) is 5.26 Å². The van der Waals surface area contributed by atoms with Crippen LogP contribution in [0.4, 0.5) is 0 Å². The molecule has 0 radical (unpaired) electrons. The number of likely N-dealkylation sites (tertiary alicyclic amines) is 1. The van der Waals surface area contributed by atoms with Crippen molar-refractivity contribution in [2.75, 3.05) is 25.4 Å². The van der Waals surface area contributed by atoms with Crippen LogP contribution < -0.4 is 0 Å². The van der Waals surface area contributed by atoms with Gasteiger partial charge in [-0.2, -0.15) is 9.66 Å². The topological polar surface area (TPSA) is 95.6 Å². The first-order valence-corrected chi connectivity index (χ1v) is 15.6. The molecule has 0 saturated carbocycles. The summed E-state index contributed by atoms with van der Waals surface area (Å²) in [4.78, 5) is 7.88. The normalized spacial score (nSPS) is 19.2. The Labute approximate surface area is 230 Å². The molecule has 1 unspecified atom stereocenters. The molecule has 2 aromatic rings. The number of fused-ring (bicyclic) bond motifs is 1. The number of thiazole rings is 1. The van der Waals surface area contributed by atoms with Crippen molar-refractivity contribution < 1.29 is 13.2 Å². The zero-order valence-electron chi connectivity index (χ0n) is 22.6. The van der Waals surface area contributed by atoms with Crippen LogP contribution in [0.1, 0.15) is 69.0 Å². The minimum atomic E-state index is -3.47. The van der Waals surface area contributed by atoms with E-state index < -0.39 is 10.0 Å². The minimum Gasteiger partial charge on any atom is -0.494 e. The molecule has 0 spiro atoms. The van der Waals surface area contributed by atoms with Gasteiger partial charge < -0.3 is 9.64 Å². The third kappa shape index (κ3) is 6.99. The molecule has 2 aliphatic rings. The van der Waals surface area contributed by atoms with Crippen LogP contribution in [0.2, 0.25) is 0 Å². The molecule has 1 aromatic heterocycles. The Kier molecular flexibility index (Phi) is 9.19. The summed E-state index contributed by atoms with van der Waals surface area (Å²) in [5.41, 5.74) is 4.89. The van der Waals surface area contributed by atoms with Gasteiger partial charge >= 0.3 is 0 Å². The Morgan fingerprint density at radius 1 is 1.32 bits per heavy atom. The first-order valence-electron chi connectivity index (χ1n) is 13.2. The lowest BCUT2D eigenvalue weighted by Crippen LogP contribution is -2.25. The van der Waals surface area contributed by atoms with Gasteiger partial charge in [-0.25, -0.2) is 13.4 Å². The van der Waals surface area contributed by atoms with E-state index in [1.165, 1.54) is 5.56 Å². The molecule has 1 aliphatic carbocycles. The smallest absolute Gasteiger partial charge is 0.254 e. The average molecular weight is 553 g/mol. The van der Waals surface area contributed by atoms with Gasteiger partial charge in [0.05, 0.1) is 22.3 Å². The third-order valence-corrected chi connectivity index (χ3v) is 9.27. The lowest BCUT2D eigenvalue weighted by atomic mass is 9.99. The van der Waals surface area contributed by atoms with Gasteiger partial charge in [0.15, 0.2) is 0 Å². The highest BCUT2D eigenvalue weighted by molar-refractivity contribution is 7.90. The molecule has 1 aromatic carbocycles. The van der Waals surface area contributed by atoms with Gasteiger partial charge in [-0.15, -0.1) is 11.3 Å². The quantitative estimate of drug-likeness (QED) is 0.156. The highest BCUT2D eigenvalue weighted by Gasteiger charge is 2.25. The van der Waals surface area contributed by atoms with E-state index in [1.807, 2.05) is 39.1 Å². The van der Waals surface area contributed by atoms with Crippen molar-refractivity contribution >= 4 is 33.1 Å². The van der Waals surface area contributed by atoms with Crippen LogP contribution in [0, 0.1) is 11.3 Å². The van der Waals surface area contributed by atoms with Crippen molar-refractivity contribution in [2.45, 2.75) is 65.4 Å². The Balaban J connectivity index is 1.50. The molecule has 9 heteroatoms. The first-order chi connectivity index (χ1) is 18.2. The number of hydrogen-bond acceptors (Lipinski definition) is 7. The predicted molar refractivity (Wildman–Crippen MR) is 155 cm³/mol. The minimum absolute atomic E-state index is 0.00241. The van der Waals surface area contributed by atoms with E-state index >= 15 is 0 Å². The van der Waals surface area contributed by atoms with E-state index in [-0.39, 0.29) is 17.8 Å². The third-order valence-electron chi connectivity index (χ3n) is 6.96. The van der Waals surface area contributed by atoms with Gasteiger partial charge in [0.2, 0.25) is 0 Å². The Bertz CT molecular complexity index is 1390. The zero-order valence-corrected chi connectivity index (χ0v) is 24.2. The maximum Gasteiger partial charge on any atom is 0.254 e. The van der Waals surface area contributed by atoms with E-state index in [0.717, 1.165) is 65.4 Å². The standard InChI is InChI=1S/C29H36N4O3S2/c1-20(2)36-22(4)24(17-30)16-21(3)29-31-19-28(37-29)27-9-7-8-25-23(10-11-26(25)27)18-32-38(34,35)15-14-33-12-5-6-13-33/h7-9,16,18-20,23H,5-6,10-15H2,1-4H3/b21-16+,24-22-,32-18+. The van der Waals surface area contributed by atoms with Crippen molar-refractivity contribution in [3.05, 3.63) is 57.9 Å². The van der Waals surface area contributed by atoms with Gasteiger partial charge in [-0.1, -0.05) is 18.2 Å². The maximum absolute atomic E-state index is 12.5. The lowest BCUT2D eigenvalue weighted by molar-refractivity contribution is 0.148. The highest BCUT2D eigenvalue weighted by Crippen LogP contribution is 2.40. The van der Waals surface area contributed by atoms with Crippen LogP contribution >= 0.6 is 11.3 Å². The molecule has 0 N–H and O–H groups in total. The predicted octanol–water partition coefficient (Wildman–Crippen LogP) is 5.96. The Morgan fingerprint density at radius 3 is 2.79 bits per heavy atom. The van der Waals surface area contributed by atoms with E-state index in [9.17, 15) is 13.7 Å². The van der Waals surface area contributed by atoms with Crippen LogP contribution in [0.25, 0.3) is 16.0 Å². The van der Waals surface area contributed by atoms with Crippen molar-refractivity contribution in [2.24, 2.45) is 4.40 Å². The molecule has 1 fully saturated rings. The summed E-state index contributed by atoms with van der Waals surface area (Å²) in [5.74, 6) is 0.670. The zero-order chi connectivity index (χ0) is 27.3. The van der Waals surface area contributed by atoms with Crippen LogP contribution in [-0.2, 0) is 21.2 Å². The van der Waals surface area contributed by atoms with Gasteiger partial charge in [0.1, 0.15) is 16.8 Å². The SMILES string of the molecule is C/C(OC(C)C)=C(C#N)\C=C(/C)c1ncc(-c2cccc3c2CCC3/C=N/S(=O)(=O)CCN2CCCC2)s1. The van der Waals surface area contributed by atoms with E-state index in [1.54, 1.807) is 24.5 Å². The number of hydrogen-bond donors (Lipinski definition) is 0. The fourth-order valence-electron chi connectivity index (χ4n) is 5.03. The monoisotopic (exact) mass is 552 g/mol. The second-order valence-electron chi connectivity index (χ2n) is 10.2. The average Bonchev–Trinajstić information content (AvgIpc) is 3.65. The second-order valence-corrected chi connectivity index (χ2v) is 13.0. The van der Waals surface area contributed by atoms with Crippen LogP contribution in [0.5, 0.6) is 0 Å². The number of ether oxygens (including phenoxy) is 1. The molecule has 1 atom stereocenters. The Morgan fingerprint density at radius 2 is 2.08 bits per heavy atom. The number of nitriles is 1. The maximum atomic E-state index is 12.5. The molecular formula is C29H36N4O3S2. The molecule has 1 saturated heterocycles. The van der Waals surface area contributed by atoms with Gasteiger partial charge in [0.25, 0.3) is 10.0 Å². The van der Waals surface area contributed by atoms with E-state index in [4.69, 9.17) is 4.74 Å². The summed E-state index contributed by atoms with van der Waals surface area (Å²) in [5, 5.41) is 10.4. The van der Waals surface area contributed by atoms with Gasteiger partial charge in [0, 0.05) is 24.9 Å². The fraction of sp³-hybridized carbons (Fsp3) is 0.483. The molecule has 1 aliphatic heterocycles. The summed E-state index contributed by atoms with van der Waals surface area (Å²) in [6, 6.07) is 8.43. The molecule has 4 rings (SSSR count). The lowest BCUT2D eigenvalue weighted by Gasteiger charge is -2.13. The van der Waals surface area contributed by atoms with Crippen LogP contribution in [0.15, 0.2) is 46.2 Å². The molecule has 7 nitrogen and oxygen atoms in total. The fourth-order valence-corrected chi connectivity index (χ4v) is 6.90. The molecular weight excluding hydrogens is 516 g/mol. The molecule has 202 valence electrons. The number of allylic oxidation sites excluding steroid dienone is 4. The summed E-state index contributed by atoms with van der Waals surface area (Å²) in [6.45, 7) is 10.2. The number of rotatable bonds is 10. The van der Waals surface area contributed by atoms with E-state index in [0.29, 0.717) is 17.9 Å². The van der Waals surface area contributed by atoms with Crippen molar-refractivity contribution in [3.8, 4) is 16.5 Å². The van der Waals surface area contributed by atoms with Crippen molar-refractivity contribution in [3.63, 3.8) is 0 Å². The second kappa shape index (κ2) is 12.4. The summed E-state index contributed by atoms with van der Waals surface area (Å²) >= 11 is 1.59. The van der Waals surface area contributed by atoms with Crippen LogP contribution in [0.3, 0.4) is 0 Å². The van der Waals surface area contributed by atoms with Crippen LogP contribution in [-0.4, -0.2) is 56.0 Å². The number of nitrogens with zero attached hydrogens (tertiary/aromatic N) is 4. The number of sulfonamides is 1. The largest absolute Gasteiger partial charge is 0.494 e. The molecule has 0 amide bonds. The summed E-state index contributed by atoms with van der Waals surface area (Å²) < 4.78 is 34.8. The summed E-state index contributed by atoms with van der Waals surface area (Å²) in [7, 11) is -3.47.